The second kappa shape index (κ2) is 8.81. The third-order valence-electron chi connectivity index (χ3n) is 3.96. The Morgan fingerprint density at radius 2 is 1.83 bits per heavy atom. The molecule has 0 bridgehead atoms. The minimum absolute atomic E-state index is 0.0531. The molecule has 0 heterocycles. The topological polar surface area (TPSA) is 45.7 Å². The zero-order chi connectivity index (χ0) is 17.5. The van der Waals surface area contributed by atoms with Crippen LogP contribution in [0.1, 0.15) is 31.0 Å². The Morgan fingerprint density at radius 3 is 2.46 bits per heavy atom. The van der Waals surface area contributed by atoms with Crippen molar-refractivity contribution in [3.63, 3.8) is 0 Å². The van der Waals surface area contributed by atoms with E-state index in [2.05, 4.69) is 19.2 Å². The van der Waals surface area contributed by atoms with E-state index in [0.717, 1.165) is 11.1 Å². The molecule has 2 aromatic carbocycles. The summed E-state index contributed by atoms with van der Waals surface area (Å²) < 4.78 is 13.1. The van der Waals surface area contributed by atoms with E-state index in [1.807, 2.05) is 23.5 Å². The highest BCUT2D eigenvalue weighted by atomic mass is 35.5. The summed E-state index contributed by atoms with van der Waals surface area (Å²) in [5.74, 6) is 0.0215. The van der Waals surface area contributed by atoms with Gasteiger partial charge in [0.25, 0.3) is 5.91 Å². The minimum atomic E-state index is -0.251. The summed E-state index contributed by atoms with van der Waals surface area (Å²) in [4.78, 5) is 12.1. The van der Waals surface area contributed by atoms with Crippen LogP contribution in [0.3, 0.4) is 0 Å². The van der Waals surface area contributed by atoms with Gasteiger partial charge in [-0.2, -0.15) is 0 Å². The van der Waals surface area contributed by atoms with Gasteiger partial charge in [0.05, 0.1) is 0 Å². The molecule has 0 aliphatic rings. The number of carbonyl (C=O) groups excluding carboxylic acids is 1. The minimum Gasteiger partial charge on any atom is -0.347 e. The van der Waals surface area contributed by atoms with Gasteiger partial charge in [0, 0.05) is 23.0 Å². The molecule has 0 aliphatic carbocycles. The summed E-state index contributed by atoms with van der Waals surface area (Å²) in [6.07, 6.45) is 0. The van der Waals surface area contributed by atoms with Crippen LogP contribution in [0.5, 0.6) is 0 Å². The molecule has 3 nitrogen and oxygen atoms in total. The maximum Gasteiger partial charge on any atom is 0.275 e. The molecule has 2 aromatic rings. The van der Waals surface area contributed by atoms with Crippen molar-refractivity contribution in [2.24, 2.45) is 5.92 Å². The van der Waals surface area contributed by atoms with Crippen LogP contribution < -0.4 is 10.6 Å². The number of quaternary nitrogens is 1. The van der Waals surface area contributed by atoms with E-state index >= 15 is 0 Å². The van der Waals surface area contributed by atoms with Gasteiger partial charge in [-0.15, -0.1) is 0 Å². The van der Waals surface area contributed by atoms with Gasteiger partial charge in [-0.1, -0.05) is 55.8 Å². The average molecular weight is 350 g/mol. The fraction of sp³-hybridized carbons (Fsp3) is 0.316. The lowest BCUT2D eigenvalue weighted by atomic mass is 9.96. The normalized spacial score (nSPS) is 12.2. The van der Waals surface area contributed by atoms with Crippen LogP contribution in [0.4, 0.5) is 4.39 Å². The van der Waals surface area contributed by atoms with Gasteiger partial charge in [-0.3, -0.25) is 4.79 Å². The number of carbonyl (C=O) groups is 1. The Balaban J connectivity index is 1.88. The molecule has 1 atom stereocenters. The molecule has 5 heteroatoms. The number of nitrogens with one attached hydrogen (secondary N) is 1. The van der Waals surface area contributed by atoms with Gasteiger partial charge in [0.2, 0.25) is 0 Å². The van der Waals surface area contributed by atoms with Crippen LogP contribution in [0.2, 0.25) is 5.02 Å². The molecule has 0 fully saturated rings. The van der Waals surface area contributed by atoms with Gasteiger partial charge in [-0.25, -0.2) is 4.39 Å². The average Bonchev–Trinajstić information content (AvgIpc) is 2.55. The molecular formula is C19H23ClFN2O+. The molecule has 128 valence electrons. The van der Waals surface area contributed by atoms with E-state index in [0.29, 0.717) is 24.0 Å². The predicted octanol–water partition coefficient (Wildman–Crippen LogP) is 3.06. The first kappa shape index (κ1) is 18.4. The smallest absolute Gasteiger partial charge is 0.275 e. The van der Waals surface area contributed by atoms with Crippen molar-refractivity contribution in [1.29, 1.82) is 0 Å². The maximum atomic E-state index is 13.1. The van der Waals surface area contributed by atoms with Crippen molar-refractivity contribution < 1.29 is 14.5 Å². The largest absolute Gasteiger partial charge is 0.347 e. The summed E-state index contributed by atoms with van der Waals surface area (Å²) >= 11 is 6.08. The Bertz CT molecular complexity index is 673. The lowest BCUT2D eigenvalue weighted by molar-refractivity contribution is -0.692. The molecular weight excluding hydrogens is 327 g/mol. The summed E-state index contributed by atoms with van der Waals surface area (Å²) in [7, 11) is 0. The van der Waals surface area contributed by atoms with Gasteiger partial charge >= 0.3 is 0 Å². The van der Waals surface area contributed by atoms with E-state index in [1.165, 1.54) is 12.1 Å². The molecule has 0 radical (unpaired) electrons. The standard InChI is InChI=1S/C19H22ClFN2O/c1-13(2)19(14-7-9-16(21)10-8-14)23-12-18(24)22-11-15-5-3-4-6-17(15)20/h3-10,13,19,23H,11-12H2,1-2H3,(H,22,24)/p+1/t19-/m0/s1. The number of hydrogen-bond acceptors (Lipinski definition) is 1. The van der Waals surface area contributed by atoms with Crippen LogP contribution in [-0.2, 0) is 11.3 Å². The Labute approximate surface area is 147 Å². The number of benzene rings is 2. The van der Waals surface area contributed by atoms with Crippen molar-refractivity contribution in [2.75, 3.05) is 6.54 Å². The molecule has 0 unspecified atom stereocenters. The number of halogens is 2. The van der Waals surface area contributed by atoms with Gasteiger partial charge < -0.3 is 10.6 Å². The van der Waals surface area contributed by atoms with Crippen molar-refractivity contribution in [2.45, 2.75) is 26.4 Å². The van der Waals surface area contributed by atoms with Crippen LogP contribution in [0.25, 0.3) is 0 Å². The number of nitrogens with two attached hydrogens (primary N) is 1. The first-order valence-corrected chi connectivity index (χ1v) is 8.44. The van der Waals surface area contributed by atoms with Crippen molar-refractivity contribution in [3.05, 3.63) is 70.5 Å². The summed E-state index contributed by atoms with van der Waals surface area (Å²) in [6, 6.07) is 14.0. The monoisotopic (exact) mass is 349 g/mol. The van der Waals surface area contributed by atoms with Crippen molar-refractivity contribution >= 4 is 17.5 Å². The zero-order valence-corrected chi connectivity index (χ0v) is 14.7. The zero-order valence-electron chi connectivity index (χ0n) is 13.9. The highest BCUT2D eigenvalue weighted by Crippen LogP contribution is 2.18. The summed E-state index contributed by atoms with van der Waals surface area (Å²) in [5.41, 5.74) is 1.91. The third-order valence-corrected chi connectivity index (χ3v) is 4.33. The van der Waals surface area contributed by atoms with Crippen LogP contribution in [-0.4, -0.2) is 12.5 Å². The maximum absolute atomic E-state index is 13.1. The molecule has 1 amide bonds. The number of hydrogen-bond donors (Lipinski definition) is 2. The molecule has 2 rings (SSSR count). The fourth-order valence-corrected chi connectivity index (χ4v) is 2.82. The quantitative estimate of drug-likeness (QED) is 0.793. The fourth-order valence-electron chi connectivity index (χ4n) is 2.62. The summed E-state index contributed by atoms with van der Waals surface area (Å²) in [6.45, 7) is 4.90. The second-order valence-electron chi connectivity index (χ2n) is 6.13. The van der Waals surface area contributed by atoms with Crippen LogP contribution in [0, 0.1) is 11.7 Å². The lowest BCUT2D eigenvalue weighted by Gasteiger charge is -2.19. The highest BCUT2D eigenvalue weighted by Gasteiger charge is 2.20. The van der Waals surface area contributed by atoms with E-state index in [1.54, 1.807) is 18.2 Å². The first-order valence-electron chi connectivity index (χ1n) is 8.06. The van der Waals surface area contributed by atoms with Gasteiger partial charge in [0.1, 0.15) is 11.9 Å². The molecule has 0 saturated heterocycles. The van der Waals surface area contributed by atoms with E-state index in [-0.39, 0.29) is 17.8 Å². The summed E-state index contributed by atoms with van der Waals surface area (Å²) in [5, 5.41) is 5.51. The lowest BCUT2D eigenvalue weighted by Crippen LogP contribution is -2.88. The highest BCUT2D eigenvalue weighted by molar-refractivity contribution is 6.31. The SMILES string of the molecule is CC(C)[C@H]([NH2+]CC(=O)NCc1ccccc1Cl)c1ccc(F)cc1. The number of rotatable bonds is 7. The molecule has 0 aromatic heterocycles. The predicted molar refractivity (Wildman–Crippen MR) is 94.1 cm³/mol. The molecule has 3 N–H and O–H groups in total. The van der Waals surface area contributed by atoms with Gasteiger partial charge in [-0.05, 0) is 23.8 Å². The van der Waals surface area contributed by atoms with Crippen molar-refractivity contribution in [1.82, 2.24) is 5.32 Å². The van der Waals surface area contributed by atoms with E-state index < -0.39 is 0 Å². The van der Waals surface area contributed by atoms with Crippen molar-refractivity contribution in [3.8, 4) is 0 Å². The Morgan fingerprint density at radius 1 is 1.17 bits per heavy atom. The van der Waals surface area contributed by atoms with Crippen LogP contribution >= 0.6 is 11.6 Å². The molecule has 0 aliphatic heterocycles. The molecule has 0 saturated carbocycles. The van der Waals surface area contributed by atoms with Crippen LogP contribution in [0.15, 0.2) is 48.5 Å². The Hall–Kier alpha value is -1.91. The second-order valence-corrected chi connectivity index (χ2v) is 6.54. The van der Waals surface area contributed by atoms with E-state index in [4.69, 9.17) is 11.6 Å². The number of amides is 1. The first-order chi connectivity index (χ1) is 11.5. The Kier molecular flexibility index (Phi) is 6.76. The molecule has 0 spiro atoms. The third kappa shape index (κ3) is 5.32. The molecule has 24 heavy (non-hydrogen) atoms. The van der Waals surface area contributed by atoms with E-state index in [9.17, 15) is 9.18 Å². The van der Waals surface area contributed by atoms with Gasteiger partial charge in [0.15, 0.2) is 6.54 Å².